The highest BCUT2D eigenvalue weighted by Crippen LogP contribution is 2.26. The molecule has 0 saturated carbocycles. The monoisotopic (exact) mass is 288 g/mol. The number of nitrogens with one attached hydrogen (secondary N) is 1. The summed E-state index contributed by atoms with van der Waals surface area (Å²) in [7, 11) is 0. The van der Waals surface area contributed by atoms with Crippen LogP contribution in [0.4, 0.5) is 0 Å². The van der Waals surface area contributed by atoms with Gasteiger partial charge in [0, 0.05) is 37.8 Å². The number of aromatic nitrogens is 1. The molecule has 1 saturated heterocycles. The van der Waals surface area contributed by atoms with Gasteiger partial charge in [-0.25, -0.2) is 0 Å². The van der Waals surface area contributed by atoms with Crippen molar-refractivity contribution in [2.24, 2.45) is 0 Å². The highest BCUT2D eigenvalue weighted by molar-refractivity contribution is 5.86. The van der Waals surface area contributed by atoms with E-state index in [9.17, 15) is 0 Å². The minimum Gasteiger partial charge on any atom is -0.493 e. The van der Waals surface area contributed by atoms with E-state index in [0.29, 0.717) is 12.7 Å². The molecule has 0 spiro atoms. The van der Waals surface area contributed by atoms with Crippen LogP contribution in [0.1, 0.15) is 19.8 Å². The van der Waals surface area contributed by atoms with Gasteiger partial charge in [0.2, 0.25) is 0 Å². The van der Waals surface area contributed by atoms with Crippen LogP contribution in [-0.2, 0) is 11.3 Å². The maximum absolute atomic E-state index is 5.68. The second-order valence-electron chi connectivity index (χ2n) is 5.47. The molecule has 1 aliphatic heterocycles. The first-order valence-corrected chi connectivity index (χ1v) is 7.91. The second kappa shape index (κ2) is 6.96. The molecular formula is C17H24N2O2. The Morgan fingerprint density at radius 3 is 3.14 bits per heavy atom. The van der Waals surface area contributed by atoms with Crippen LogP contribution in [-0.4, -0.2) is 37.0 Å². The summed E-state index contributed by atoms with van der Waals surface area (Å²) in [6, 6.07) is 8.38. The number of benzene rings is 1. The summed E-state index contributed by atoms with van der Waals surface area (Å²) in [5.74, 6) is 0.973. The zero-order valence-electron chi connectivity index (χ0n) is 12.7. The zero-order valence-corrected chi connectivity index (χ0v) is 12.7. The fourth-order valence-corrected chi connectivity index (χ4v) is 2.94. The van der Waals surface area contributed by atoms with Crippen molar-refractivity contribution >= 4 is 10.9 Å². The van der Waals surface area contributed by atoms with Gasteiger partial charge in [-0.05, 0) is 38.0 Å². The third kappa shape index (κ3) is 3.39. The van der Waals surface area contributed by atoms with E-state index in [1.165, 1.54) is 23.7 Å². The first-order chi connectivity index (χ1) is 10.4. The molecule has 1 fully saturated rings. The van der Waals surface area contributed by atoms with E-state index in [2.05, 4.69) is 34.3 Å². The Kier molecular flexibility index (Phi) is 4.78. The van der Waals surface area contributed by atoms with Gasteiger partial charge in [-0.1, -0.05) is 6.07 Å². The van der Waals surface area contributed by atoms with Crippen LogP contribution in [0.25, 0.3) is 10.9 Å². The predicted octanol–water partition coefficient (Wildman–Crippen LogP) is 2.81. The van der Waals surface area contributed by atoms with Gasteiger partial charge in [-0.3, -0.25) is 0 Å². The minimum atomic E-state index is 0.413. The van der Waals surface area contributed by atoms with Crippen molar-refractivity contribution in [3.8, 4) is 5.75 Å². The molecule has 2 aromatic rings. The van der Waals surface area contributed by atoms with Crippen LogP contribution < -0.4 is 10.1 Å². The molecule has 4 nitrogen and oxygen atoms in total. The SMILES string of the molecule is CCOc1cccc2c1ccn2CCNCC1CCCO1. The Labute approximate surface area is 126 Å². The Bertz CT molecular complexity index is 573. The Morgan fingerprint density at radius 1 is 1.38 bits per heavy atom. The second-order valence-corrected chi connectivity index (χ2v) is 5.47. The summed E-state index contributed by atoms with van der Waals surface area (Å²) < 4.78 is 13.6. The Hall–Kier alpha value is -1.52. The molecule has 3 rings (SSSR count). The lowest BCUT2D eigenvalue weighted by molar-refractivity contribution is 0.110. The van der Waals surface area contributed by atoms with E-state index in [4.69, 9.17) is 9.47 Å². The van der Waals surface area contributed by atoms with E-state index >= 15 is 0 Å². The molecule has 1 aliphatic rings. The van der Waals surface area contributed by atoms with Gasteiger partial charge in [-0.15, -0.1) is 0 Å². The zero-order chi connectivity index (χ0) is 14.5. The standard InChI is InChI=1S/C17H24N2O2/c1-2-20-17-7-3-6-16-15(17)8-10-19(16)11-9-18-13-14-5-4-12-21-14/h3,6-8,10,14,18H,2,4-5,9,11-13H2,1H3. The number of ether oxygens (including phenoxy) is 2. The topological polar surface area (TPSA) is 35.4 Å². The number of fused-ring (bicyclic) bond motifs is 1. The van der Waals surface area contributed by atoms with Crippen molar-refractivity contribution in [2.75, 3.05) is 26.3 Å². The predicted molar refractivity (Wildman–Crippen MR) is 85.0 cm³/mol. The summed E-state index contributed by atoms with van der Waals surface area (Å²) >= 11 is 0. The van der Waals surface area contributed by atoms with Gasteiger partial charge < -0.3 is 19.4 Å². The fourth-order valence-electron chi connectivity index (χ4n) is 2.94. The Balaban J connectivity index is 1.58. The van der Waals surface area contributed by atoms with Crippen molar-refractivity contribution in [2.45, 2.75) is 32.4 Å². The number of hydrogen-bond acceptors (Lipinski definition) is 3. The fraction of sp³-hybridized carbons (Fsp3) is 0.529. The molecule has 21 heavy (non-hydrogen) atoms. The third-order valence-electron chi connectivity index (χ3n) is 4.00. The summed E-state index contributed by atoms with van der Waals surface area (Å²) in [4.78, 5) is 0. The van der Waals surface area contributed by atoms with E-state index in [0.717, 1.165) is 32.0 Å². The van der Waals surface area contributed by atoms with E-state index in [-0.39, 0.29) is 0 Å². The molecule has 0 amide bonds. The lowest BCUT2D eigenvalue weighted by Crippen LogP contribution is -2.28. The van der Waals surface area contributed by atoms with Gasteiger partial charge in [0.15, 0.2) is 0 Å². The van der Waals surface area contributed by atoms with Crippen molar-refractivity contribution in [1.82, 2.24) is 9.88 Å². The average molecular weight is 288 g/mol. The van der Waals surface area contributed by atoms with Crippen molar-refractivity contribution in [3.05, 3.63) is 30.5 Å². The summed E-state index contributed by atoms with van der Waals surface area (Å²) in [5.41, 5.74) is 1.24. The van der Waals surface area contributed by atoms with Crippen LogP contribution in [0.2, 0.25) is 0 Å². The number of rotatable bonds is 7. The maximum Gasteiger partial charge on any atom is 0.128 e. The minimum absolute atomic E-state index is 0.413. The van der Waals surface area contributed by atoms with Crippen LogP contribution >= 0.6 is 0 Å². The largest absolute Gasteiger partial charge is 0.493 e. The lowest BCUT2D eigenvalue weighted by atomic mass is 10.2. The highest BCUT2D eigenvalue weighted by atomic mass is 16.5. The molecule has 0 radical (unpaired) electrons. The first-order valence-electron chi connectivity index (χ1n) is 7.91. The normalized spacial score (nSPS) is 18.4. The van der Waals surface area contributed by atoms with Crippen LogP contribution in [0.5, 0.6) is 5.75 Å². The lowest BCUT2D eigenvalue weighted by Gasteiger charge is -2.12. The van der Waals surface area contributed by atoms with Crippen molar-refractivity contribution in [3.63, 3.8) is 0 Å². The summed E-state index contributed by atoms with van der Waals surface area (Å²) in [6.45, 7) is 6.53. The maximum atomic E-state index is 5.68. The van der Waals surface area contributed by atoms with Crippen molar-refractivity contribution in [1.29, 1.82) is 0 Å². The van der Waals surface area contributed by atoms with Crippen LogP contribution in [0, 0.1) is 0 Å². The van der Waals surface area contributed by atoms with Crippen molar-refractivity contribution < 1.29 is 9.47 Å². The molecular weight excluding hydrogens is 264 g/mol. The molecule has 0 bridgehead atoms. The summed E-state index contributed by atoms with van der Waals surface area (Å²) in [5, 5.41) is 4.69. The number of hydrogen-bond donors (Lipinski definition) is 1. The van der Waals surface area contributed by atoms with Gasteiger partial charge in [0.25, 0.3) is 0 Å². The quantitative estimate of drug-likeness (QED) is 0.796. The van der Waals surface area contributed by atoms with E-state index in [1.54, 1.807) is 0 Å². The highest BCUT2D eigenvalue weighted by Gasteiger charge is 2.14. The first kappa shape index (κ1) is 14.4. The Morgan fingerprint density at radius 2 is 2.33 bits per heavy atom. The molecule has 1 unspecified atom stereocenters. The van der Waals surface area contributed by atoms with E-state index in [1.807, 2.05) is 13.0 Å². The van der Waals surface area contributed by atoms with E-state index < -0.39 is 0 Å². The number of nitrogens with zero attached hydrogens (tertiary/aromatic N) is 1. The smallest absolute Gasteiger partial charge is 0.128 e. The molecule has 1 aromatic heterocycles. The molecule has 114 valence electrons. The van der Waals surface area contributed by atoms with Gasteiger partial charge >= 0.3 is 0 Å². The molecule has 1 atom stereocenters. The van der Waals surface area contributed by atoms with Gasteiger partial charge in [-0.2, -0.15) is 0 Å². The molecule has 4 heteroatoms. The summed E-state index contributed by atoms with van der Waals surface area (Å²) in [6.07, 6.45) is 4.95. The average Bonchev–Trinajstić information content (AvgIpc) is 3.14. The molecule has 1 aromatic carbocycles. The van der Waals surface area contributed by atoms with Crippen LogP contribution in [0.3, 0.4) is 0 Å². The molecule has 1 N–H and O–H groups in total. The third-order valence-corrected chi connectivity index (χ3v) is 4.00. The molecule has 2 heterocycles. The van der Waals surface area contributed by atoms with Crippen LogP contribution in [0.15, 0.2) is 30.5 Å². The van der Waals surface area contributed by atoms with Gasteiger partial charge in [0.05, 0.1) is 18.2 Å². The van der Waals surface area contributed by atoms with Gasteiger partial charge in [0.1, 0.15) is 5.75 Å². The molecule has 0 aliphatic carbocycles.